The third kappa shape index (κ3) is 3.25. The molecule has 4 rings (SSSR count). The van der Waals surface area contributed by atoms with E-state index in [0.29, 0.717) is 0 Å². The van der Waals surface area contributed by atoms with Gasteiger partial charge in [-0.3, -0.25) is 0 Å². The molecule has 2 aliphatic rings. The van der Waals surface area contributed by atoms with E-state index in [9.17, 15) is 0 Å². The van der Waals surface area contributed by atoms with Gasteiger partial charge in [-0.05, 0) is 24.3 Å². The minimum absolute atomic E-state index is 0.252. The van der Waals surface area contributed by atoms with E-state index in [0.717, 1.165) is 60.1 Å². The van der Waals surface area contributed by atoms with Crippen LogP contribution >= 0.6 is 0 Å². The average Bonchev–Trinajstić information content (AvgIpc) is 3.42. The Hall–Kier alpha value is -2.24. The van der Waals surface area contributed by atoms with Crippen molar-refractivity contribution in [2.75, 3.05) is 24.7 Å². The summed E-state index contributed by atoms with van der Waals surface area (Å²) in [5.74, 6) is 1.54. The van der Waals surface area contributed by atoms with Crippen molar-refractivity contribution < 1.29 is 14.2 Å². The number of anilines is 2. The average molecular weight is 312 g/mol. The van der Waals surface area contributed by atoms with Crippen molar-refractivity contribution in [3.05, 3.63) is 47.5 Å². The van der Waals surface area contributed by atoms with E-state index in [1.165, 1.54) is 0 Å². The highest BCUT2D eigenvalue weighted by Crippen LogP contribution is 2.36. The van der Waals surface area contributed by atoms with Crippen LogP contribution in [0.2, 0.25) is 0 Å². The maximum absolute atomic E-state index is 6.19. The molecule has 4 N–H and O–H groups in total. The first-order chi connectivity index (χ1) is 11.2. The molecule has 0 aromatic heterocycles. The Morgan fingerprint density at radius 3 is 1.65 bits per heavy atom. The lowest BCUT2D eigenvalue weighted by molar-refractivity contribution is 0.399. The summed E-state index contributed by atoms with van der Waals surface area (Å²) in [5, 5.41) is 0. The van der Waals surface area contributed by atoms with E-state index in [2.05, 4.69) is 0 Å². The lowest BCUT2D eigenvalue weighted by atomic mass is 10.1. The van der Waals surface area contributed by atoms with Gasteiger partial charge in [0.15, 0.2) is 0 Å². The summed E-state index contributed by atoms with van der Waals surface area (Å²) in [6, 6.07) is 11.5. The number of hydrogen-bond acceptors (Lipinski definition) is 5. The van der Waals surface area contributed by atoms with Crippen molar-refractivity contribution in [1.29, 1.82) is 0 Å². The number of ether oxygens (including phenoxy) is 3. The number of nitrogens with two attached hydrogens (primary N) is 2. The molecular formula is C18H20N2O3. The summed E-state index contributed by atoms with van der Waals surface area (Å²) in [6.07, 6.45) is 2.04. The lowest BCUT2D eigenvalue weighted by Gasteiger charge is -2.16. The smallest absolute Gasteiger partial charge is 0.132 e. The monoisotopic (exact) mass is 312 g/mol. The molecule has 0 radical (unpaired) electrons. The van der Waals surface area contributed by atoms with Gasteiger partial charge >= 0.3 is 0 Å². The highest BCUT2D eigenvalue weighted by Gasteiger charge is 2.27. The van der Waals surface area contributed by atoms with E-state index in [1.54, 1.807) is 0 Å². The first-order valence-corrected chi connectivity index (χ1v) is 7.86. The van der Waals surface area contributed by atoms with Crippen molar-refractivity contribution in [3.63, 3.8) is 0 Å². The first-order valence-electron chi connectivity index (χ1n) is 7.86. The summed E-state index contributed by atoms with van der Waals surface area (Å²) in [4.78, 5) is 0. The van der Waals surface area contributed by atoms with Crippen LogP contribution in [-0.4, -0.2) is 25.4 Å². The zero-order valence-corrected chi connectivity index (χ0v) is 12.8. The standard InChI is InChI=1S/C18H20N2O3/c19-15-3-1-5-17(13(15)7-11-9-21-11)23-18-6-2-4-16(20)14(18)8-12-10-22-12/h1-6,11-12H,7-10,19-20H2/t11-,12-/m0/s1. The van der Waals surface area contributed by atoms with Gasteiger partial charge in [0.1, 0.15) is 11.5 Å². The Balaban J connectivity index is 1.65. The maximum atomic E-state index is 6.19. The molecule has 2 atom stereocenters. The van der Waals surface area contributed by atoms with E-state index in [1.807, 2.05) is 36.4 Å². The quantitative estimate of drug-likeness (QED) is 0.632. The van der Waals surface area contributed by atoms with Gasteiger partial charge in [0.05, 0.1) is 25.4 Å². The number of nitrogen functional groups attached to an aromatic ring is 2. The lowest BCUT2D eigenvalue weighted by Crippen LogP contribution is -2.05. The highest BCUT2D eigenvalue weighted by atomic mass is 16.6. The number of rotatable bonds is 6. The molecule has 2 aromatic carbocycles. The highest BCUT2D eigenvalue weighted by molar-refractivity contribution is 5.59. The van der Waals surface area contributed by atoms with Gasteiger partial charge in [-0.1, -0.05) is 12.1 Å². The molecule has 2 heterocycles. The second-order valence-electron chi connectivity index (χ2n) is 6.07. The molecule has 120 valence electrons. The third-order valence-corrected chi connectivity index (χ3v) is 4.23. The molecule has 0 saturated carbocycles. The van der Waals surface area contributed by atoms with Gasteiger partial charge in [-0.15, -0.1) is 0 Å². The van der Waals surface area contributed by atoms with Crippen LogP contribution in [0.15, 0.2) is 36.4 Å². The Bertz CT molecular complexity index is 663. The summed E-state index contributed by atoms with van der Waals surface area (Å²) in [7, 11) is 0. The molecular weight excluding hydrogens is 292 g/mol. The van der Waals surface area contributed by atoms with Crippen LogP contribution in [0.1, 0.15) is 11.1 Å². The summed E-state index contributed by atoms with van der Waals surface area (Å²) < 4.78 is 16.8. The predicted octanol–water partition coefficient (Wildman–Crippen LogP) is 2.53. The number of benzene rings is 2. The second kappa shape index (κ2) is 5.76. The van der Waals surface area contributed by atoms with Gasteiger partial charge < -0.3 is 25.7 Å². The first kappa shape index (κ1) is 14.4. The van der Waals surface area contributed by atoms with E-state index < -0.39 is 0 Å². The van der Waals surface area contributed by atoms with Gasteiger partial charge in [0.2, 0.25) is 0 Å². The van der Waals surface area contributed by atoms with Crippen LogP contribution in [0.5, 0.6) is 11.5 Å². The SMILES string of the molecule is Nc1cccc(Oc2cccc(N)c2C[C@H]2CO2)c1C[C@H]1CO1. The minimum Gasteiger partial charge on any atom is -0.457 e. The predicted molar refractivity (Wildman–Crippen MR) is 88.7 cm³/mol. The fourth-order valence-electron chi connectivity index (χ4n) is 2.74. The third-order valence-electron chi connectivity index (χ3n) is 4.23. The largest absolute Gasteiger partial charge is 0.457 e. The molecule has 5 nitrogen and oxygen atoms in total. The van der Waals surface area contributed by atoms with Gasteiger partial charge in [0.25, 0.3) is 0 Å². The Kier molecular flexibility index (Phi) is 3.59. The zero-order chi connectivity index (χ0) is 15.8. The Morgan fingerprint density at radius 2 is 1.26 bits per heavy atom. The molecule has 2 aliphatic heterocycles. The molecule has 0 aliphatic carbocycles. The van der Waals surface area contributed by atoms with Crippen LogP contribution in [0.25, 0.3) is 0 Å². The van der Waals surface area contributed by atoms with Crippen molar-refractivity contribution in [3.8, 4) is 11.5 Å². The topological polar surface area (TPSA) is 86.3 Å². The molecule has 0 amide bonds. The maximum Gasteiger partial charge on any atom is 0.132 e. The molecule has 5 heteroatoms. The Labute approximate surface area is 135 Å². The summed E-state index contributed by atoms with van der Waals surface area (Å²) >= 11 is 0. The molecule has 2 aromatic rings. The number of epoxide rings is 2. The molecule has 0 spiro atoms. The van der Waals surface area contributed by atoms with Crippen LogP contribution < -0.4 is 16.2 Å². The van der Waals surface area contributed by atoms with Crippen molar-refractivity contribution >= 4 is 11.4 Å². The van der Waals surface area contributed by atoms with Crippen LogP contribution in [0, 0.1) is 0 Å². The van der Waals surface area contributed by atoms with E-state index in [-0.39, 0.29) is 12.2 Å². The fourth-order valence-corrected chi connectivity index (χ4v) is 2.74. The van der Waals surface area contributed by atoms with E-state index in [4.69, 9.17) is 25.7 Å². The van der Waals surface area contributed by atoms with Crippen molar-refractivity contribution in [2.24, 2.45) is 0 Å². The summed E-state index contributed by atoms with van der Waals surface area (Å²) in [5.41, 5.74) is 15.7. The summed E-state index contributed by atoms with van der Waals surface area (Å²) in [6.45, 7) is 1.58. The normalized spacial score (nSPS) is 21.9. The van der Waals surface area contributed by atoms with Crippen LogP contribution in [0.4, 0.5) is 11.4 Å². The molecule has 2 fully saturated rings. The molecule has 0 bridgehead atoms. The molecule has 23 heavy (non-hydrogen) atoms. The molecule has 2 saturated heterocycles. The zero-order valence-electron chi connectivity index (χ0n) is 12.8. The van der Waals surface area contributed by atoms with E-state index >= 15 is 0 Å². The molecule has 0 unspecified atom stereocenters. The van der Waals surface area contributed by atoms with Crippen molar-refractivity contribution in [1.82, 2.24) is 0 Å². The van der Waals surface area contributed by atoms with Gasteiger partial charge in [-0.2, -0.15) is 0 Å². The number of hydrogen-bond donors (Lipinski definition) is 2. The van der Waals surface area contributed by atoms with Gasteiger partial charge in [0, 0.05) is 35.3 Å². The minimum atomic E-state index is 0.252. The second-order valence-corrected chi connectivity index (χ2v) is 6.07. The van der Waals surface area contributed by atoms with Crippen molar-refractivity contribution in [2.45, 2.75) is 25.0 Å². The van der Waals surface area contributed by atoms with Crippen LogP contribution in [0.3, 0.4) is 0 Å². The Morgan fingerprint density at radius 1 is 0.826 bits per heavy atom. The van der Waals surface area contributed by atoms with Crippen LogP contribution in [-0.2, 0) is 22.3 Å². The fraction of sp³-hybridized carbons (Fsp3) is 0.333. The van der Waals surface area contributed by atoms with Gasteiger partial charge in [-0.25, -0.2) is 0 Å².